The Kier molecular flexibility index (Phi) is 45.7. The maximum atomic E-state index is 12.7. The zero-order valence-electron chi connectivity index (χ0n) is 41.1. The molecule has 6 heteroatoms. The predicted molar refractivity (Wildman–Crippen MR) is 256 cm³/mol. The van der Waals surface area contributed by atoms with Crippen molar-refractivity contribution in [2.24, 2.45) is 11.8 Å². The monoisotopic (exact) mass is 849 g/mol. The molecule has 6 nitrogen and oxygen atoms in total. The van der Waals surface area contributed by atoms with Crippen LogP contribution >= 0.6 is 0 Å². The van der Waals surface area contributed by atoms with Crippen molar-refractivity contribution in [1.29, 1.82) is 0 Å². The fraction of sp³-hybridized carbons (Fsp3) is 0.944. The molecule has 0 aliphatic rings. The SMILES string of the molecule is CCCCCCCCCCCC(=O)O[C@@H](COC(=O)CCCCCCCCCCCCCCCCCCCCC(C)C)COC(=O)CCCCCCCCCCC(C)CC. The van der Waals surface area contributed by atoms with Gasteiger partial charge in [-0.25, -0.2) is 0 Å². The Morgan fingerprint density at radius 1 is 0.350 bits per heavy atom. The van der Waals surface area contributed by atoms with Gasteiger partial charge in [-0.1, -0.05) is 259 Å². The van der Waals surface area contributed by atoms with Crippen LogP contribution in [0, 0.1) is 11.8 Å². The van der Waals surface area contributed by atoms with Crippen molar-refractivity contribution < 1.29 is 28.6 Å². The Labute approximate surface area is 374 Å². The average Bonchev–Trinajstić information content (AvgIpc) is 3.23. The molecule has 0 spiro atoms. The zero-order chi connectivity index (χ0) is 44.0. The molecule has 0 rings (SSSR count). The van der Waals surface area contributed by atoms with Gasteiger partial charge in [0.2, 0.25) is 0 Å². The second kappa shape index (κ2) is 46.9. The number of rotatable bonds is 48. The molecule has 0 aromatic carbocycles. The van der Waals surface area contributed by atoms with E-state index in [0.717, 1.165) is 69.6 Å². The standard InChI is InChI=1S/C54H104O6/c1-6-8-9-10-11-22-31-36-41-46-54(57)60-51(48-59-53(56)45-40-35-30-26-25-28-33-38-43-50(5)7-2)47-58-52(55)44-39-34-29-24-21-19-17-15-13-12-14-16-18-20-23-27-32-37-42-49(3)4/h49-51H,6-48H2,1-5H3/t50?,51-/m0/s1. The van der Waals surface area contributed by atoms with Crippen LogP contribution in [0.4, 0.5) is 0 Å². The van der Waals surface area contributed by atoms with E-state index in [1.165, 1.54) is 186 Å². The maximum Gasteiger partial charge on any atom is 0.306 e. The van der Waals surface area contributed by atoms with E-state index in [2.05, 4.69) is 34.6 Å². The van der Waals surface area contributed by atoms with Gasteiger partial charge in [0.25, 0.3) is 0 Å². The first-order valence-electron chi connectivity index (χ1n) is 26.8. The number of hydrogen-bond acceptors (Lipinski definition) is 6. The third-order valence-corrected chi connectivity index (χ3v) is 12.6. The summed E-state index contributed by atoms with van der Waals surface area (Å²) in [7, 11) is 0. The normalized spacial score (nSPS) is 12.5. The van der Waals surface area contributed by atoms with Gasteiger partial charge in [0, 0.05) is 19.3 Å². The minimum atomic E-state index is -0.761. The molecule has 0 fully saturated rings. The lowest BCUT2D eigenvalue weighted by molar-refractivity contribution is -0.167. The Bertz CT molecular complexity index is 918. The van der Waals surface area contributed by atoms with Crippen LogP contribution in [0.15, 0.2) is 0 Å². The van der Waals surface area contributed by atoms with Gasteiger partial charge >= 0.3 is 17.9 Å². The van der Waals surface area contributed by atoms with Gasteiger partial charge in [0.05, 0.1) is 0 Å². The number of carbonyl (C=O) groups excluding carboxylic acids is 3. The molecule has 0 N–H and O–H groups in total. The quantitative estimate of drug-likeness (QED) is 0.0345. The van der Waals surface area contributed by atoms with Gasteiger partial charge in [0.1, 0.15) is 13.2 Å². The average molecular weight is 849 g/mol. The first kappa shape index (κ1) is 58.4. The lowest BCUT2D eigenvalue weighted by Crippen LogP contribution is -2.30. The summed E-state index contributed by atoms with van der Waals surface area (Å²) in [6.45, 7) is 11.4. The van der Waals surface area contributed by atoms with E-state index in [-0.39, 0.29) is 31.1 Å². The van der Waals surface area contributed by atoms with Crippen molar-refractivity contribution in [2.45, 2.75) is 304 Å². The molecule has 2 atom stereocenters. The van der Waals surface area contributed by atoms with Crippen LogP contribution in [0.3, 0.4) is 0 Å². The highest BCUT2D eigenvalue weighted by Gasteiger charge is 2.19. The molecule has 0 aliphatic carbocycles. The molecule has 356 valence electrons. The van der Waals surface area contributed by atoms with Crippen molar-refractivity contribution in [3.05, 3.63) is 0 Å². The number of ether oxygens (including phenoxy) is 3. The van der Waals surface area contributed by atoms with Gasteiger partial charge in [-0.2, -0.15) is 0 Å². The van der Waals surface area contributed by atoms with E-state index < -0.39 is 6.10 Å². The van der Waals surface area contributed by atoms with Crippen LogP contribution in [0.5, 0.6) is 0 Å². The molecule has 0 amide bonds. The lowest BCUT2D eigenvalue weighted by atomic mass is 9.99. The Morgan fingerprint density at radius 3 is 0.950 bits per heavy atom. The van der Waals surface area contributed by atoms with Gasteiger partial charge in [-0.05, 0) is 31.1 Å². The number of carbonyl (C=O) groups is 3. The van der Waals surface area contributed by atoms with Crippen molar-refractivity contribution in [1.82, 2.24) is 0 Å². The maximum absolute atomic E-state index is 12.7. The Balaban J connectivity index is 4.16. The topological polar surface area (TPSA) is 78.9 Å². The van der Waals surface area contributed by atoms with Gasteiger partial charge in [0.15, 0.2) is 6.10 Å². The van der Waals surface area contributed by atoms with Crippen LogP contribution in [-0.2, 0) is 28.6 Å². The van der Waals surface area contributed by atoms with E-state index in [9.17, 15) is 14.4 Å². The van der Waals surface area contributed by atoms with Crippen molar-refractivity contribution in [2.75, 3.05) is 13.2 Å². The summed E-state index contributed by atoms with van der Waals surface area (Å²) in [4.78, 5) is 37.9. The number of hydrogen-bond donors (Lipinski definition) is 0. The molecule has 0 heterocycles. The Morgan fingerprint density at radius 2 is 0.633 bits per heavy atom. The van der Waals surface area contributed by atoms with E-state index in [0.29, 0.717) is 19.3 Å². The zero-order valence-corrected chi connectivity index (χ0v) is 41.1. The van der Waals surface area contributed by atoms with E-state index in [1.807, 2.05) is 0 Å². The van der Waals surface area contributed by atoms with Crippen LogP contribution < -0.4 is 0 Å². The summed E-state index contributed by atoms with van der Waals surface area (Å²) in [6.07, 6.45) is 48.1. The molecule has 0 bridgehead atoms. The molecule has 60 heavy (non-hydrogen) atoms. The summed E-state index contributed by atoms with van der Waals surface area (Å²) in [5.41, 5.74) is 0. The smallest absolute Gasteiger partial charge is 0.306 e. The first-order valence-corrected chi connectivity index (χ1v) is 26.8. The van der Waals surface area contributed by atoms with Crippen LogP contribution in [0.1, 0.15) is 298 Å². The summed E-state index contributed by atoms with van der Waals surface area (Å²) in [6, 6.07) is 0. The van der Waals surface area contributed by atoms with Crippen LogP contribution in [0.2, 0.25) is 0 Å². The molecular formula is C54H104O6. The largest absolute Gasteiger partial charge is 0.462 e. The summed E-state index contributed by atoms with van der Waals surface area (Å²) < 4.78 is 16.8. The second-order valence-electron chi connectivity index (χ2n) is 19.2. The highest BCUT2D eigenvalue weighted by atomic mass is 16.6. The predicted octanol–water partition coefficient (Wildman–Crippen LogP) is 17.3. The summed E-state index contributed by atoms with van der Waals surface area (Å²) >= 11 is 0. The van der Waals surface area contributed by atoms with Gasteiger partial charge < -0.3 is 14.2 Å². The highest BCUT2D eigenvalue weighted by Crippen LogP contribution is 2.18. The van der Waals surface area contributed by atoms with E-state index in [1.54, 1.807) is 0 Å². The van der Waals surface area contributed by atoms with E-state index in [4.69, 9.17) is 14.2 Å². The van der Waals surface area contributed by atoms with Crippen molar-refractivity contribution in [3.8, 4) is 0 Å². The first-order chi connectivity index (χ1) is 29.3. The minimum Gasteiger partial charge on any atom is -0.462 e. The van der Waals surface area contributed by atoms with Crippen molar-refractivity contribution >= 4 is 17.9 Å². The fourth-order valence-electron chi connectivity index (χ4n) is 8.13. The molecule has 0 radical (unpaired) electrons. The molecule has 0 saturated carbocycles. The molecule has 0 aromatic heterocycles. The Hall–Kier alpha value is -1.59. The molecule has 0 aliphatic heterocycles. The van der Waals surface area contributed by atoms with Gasteiger partial charge in [-0.3, -0.25) is 14.4 Å². The van der Waals surface area contributed by atoms with Crippen LogP contribution in [-0.4, -0.2) is 37.2 Å². The third kappa shape index (κ3) is 45.9. The third-order valence-electron chi connectivity index (χ3n) is 12.6. The minimum absolute atomic E-state index is 0.0638. The molecule has 0 aromatic rings. The molecule has 1 unspecified atom stereocenters. The number of unbranched alkanes of at least 4 members (excludes halogenated alkanes) is 32. The van der Waals surface area contributed by atoms with Gasteiger partial charge in [-0.15, -0.1) is 0 Å². The second-order valence-corrected chi connectivity index (χ2v) is 19.2. The van der Waals surface area contributed by atoms with E-state index >= 15 is 0 Å². The van der Waals surface area contributed by atoms with Crippen molar-refractivity contribution in [3.63, 3.8) is 0 Å². The highest BCUT2D eigenvalue weighted by molar-refractivity contribution is 5.71. The summed E-state index contributed by atoms with van der Waals surface area (Å²) in [5.74, 6) is 0.856. The lowest BCUT2D eigenvalue weighted by Gasteiger charge is -2.18. The van der Waals surface area contributed by atoms with Crippen LogP contribution in [0.25, 0.3) is 0 Å². The summed E-state index contributed by atoms with van der Waals surface area (Å²) in [5, 5.41) is 0. The molecular weight excluding hydrogens is 745 g/mol. The fourth-order valence-corrected chi connectivity index (χ4v) is 8.13. The molecule has 0 saturated heterocycles. The number of esters is 3.